The van der Waals surface area contributed by atoms with Crippen LogP contribution in [0.25, 0.3) is 0 Å². The number of rotatable bonds is 4. The lowest BCUT2D eigenvalue weighted by Gasteiger charge is -2.34. The van der Waals surface area contributed by atoms with Crippen molar-refractivity contribution in [1.82, 2.24) is 4.90 Å². The van der Waals surface area contributed by atoms with E-state index in [1.165, 1.54) is 0 Å². The van der Waals surface area contributed by atoms with Gasteiger partial charge in [0.25, 0.3) is 0 Å². The van der Waals surface area contributed by atoms with E-state index in [0.717, 1.165) is 29.8 Å². The molecule has 2 rings (SSSR count). The lowest BCUT2D eigenvalue weighted by Crippen LogP contribution is -2.41. The molecule has 0 bridgehead atoms. The van der Waals surface area contributed by atoms with Crippen molar-refractivity contribution in [2.45, 2.75) is 59.0 Å². The molecule has 1 fully saturated rings. The molecule has 2 amide bonds. The maximum Gasteiger partial charge on any atom is 0.410 e. The number of nitrogens with zero attached hydrogens (tertiary/aromatic N) is 1. The molecule has 27 heavy (non-hydrogen) atoms. The van der Waals surface area contributed by atoms with Crippen molar-refractivity contribution >= 4 is 17.7 Å². The Hall–Kier alpha value is -2.24. The largest absolute Gasteiger partial charge is 0.496 e. The standard InChI is InChI=1S/C21H32N2O4/c1-14(2)19(24)22-16-7-8-18(26-6)17(13-16)15-9-11-23(12-10-15)20(25)27-21(3,4)5/h7-8,13-15H,9-12H2,1-6H3,(H,22,24). The number of hydrogen-bond donors (Lipinski definition) is 1. The second-order valence-electron chi connectivity index (χ2n) is 8.34. The van der Waals surface area contributed by atoms with Gasteiger partial charge in [0.15, 0.2) is 0 Å². The Morgan fingerprint density at radius 2 is 1.81 bits per heavy atom. The van der Waals surface area contributed by atoms with Crippen molar-refractivity contribution < 1.29 is 19.1 Å². The van der Waals surface area contributed by atoms with Crippen LogP contribution in [0.1, 0.15) is 58.9 Å². The van der Waals surface area contributed by atoms with Crippen LogP contribution in [-0.2, 0) is 9.53 Å². The molecule has 1 saturated heterocycles. The first kappa shape index (κ1) is 21.1. The fourth-order valence-electron chi connectivity index (χ4n) is 3.12. The summed E-state index contributed by atoms with van der Waals surface area (Å²) in [5.74, 6) is 1.00. The van der Waals surface area contributed by atoms with Crippen molar-refractivity contribution in [3.05, 3.63) is 23.8 Å². The number of hydrogen-bond acceptors (Lipinski definition) is 4. The van der Waals surface area contributed by atoms with Crippen LogP contribution in [0.5, 0.6) is 5.75 Å². The van der Waals surface area contributed by atoms with Crippen molar-refractivity contribution in [3.63, 3.8) is 0 Å². The Bertz CT molecular complexity index is 671. The highest BCUT2D eigenvalue weighted by Gasteiger charge is 2.29. The minimum Gasteiger partial charge on any atom is -0.496 e. The fourth-order valence-corrected chi connectivity index (χ4v) is 3.12. The zero-order chi connectivity index (χ0) is 20.2. The summed E-state index contributed by atoms with van der Waals surface area (Å²) in [6.07, 6.45) is 1.40. The number of methoxy groups -OCH3 is 1. The van der Waals surface area contributed by atoms with Crippen LogP contribution in [0.15, 0.2) is 18.2 Å². The molecule has 1 N–H and O–H groups in total. The van der Waals surface area contributed by atoms with E-state index in [2.05, 4.69) is 5.32 Å². The second-order valence-corrected chi connectivity index (χ2v) is 8.34. The van der Waals surface area contributed by atoms with Gasteiger partial charge in [-0.05, 0) is 63.3 Å². The molecular formula is C21H32N2O4. The third-order valence-corrected chi connectivity index (χ3v) is 4.61. The maximum atomic E-state index is 12.3. The molecule has 0 atom stereocenters. The van der Waals surface area contributed by atoms with Crippen LogP contribution in [0.4, 0.5) is 10.5 Å². The van der Waals surface area contributed by atoms with Gasteiger partial charge in [0, 0.05) is 24.7 Å². The minimum atomic E-state index is -0.486. The topological polar surface area (TPSA) is 67.9 Å². The average molecular weight is 376 g/mol. The molecule has 0 aliphatic carbocycles. The summed E-state index contributed by atoms with van der Waals surface area (Å²) in [6, 6.07) is 5.75. The molecule has 150 valence electrons. The van der Waals surface area contributed by atoms with Gasteiger partial charge in [-0.15, -0.1) is 0 Å². The SMILES string of the molecule is COc1ccc(NC(=O)C(C)C)cc1C1CCN(C(=O)OC(C)(C)C)CC1. The van der Waals surface area contributed by atoms with Gasteiger partial charge in [-0.3, -0.25) is 4.79 Å². The van der Waals surface area contributed by atoms with E-state index in [1.54, 1.807) is 12.0 Å². The van der Waals surface area contributed by atoms with Gasteiger partial charge in [-0.2, -0.15) is 0 Å². The summed E-state index contributed by atoms with van der Waals surface area (Å²) < 4.78 is 11.0. The van der Waals surface area contributed by atoms with E-state index in [1.807, 2.05) is 52.8 Å². The third-order valence-electron chi connectivity index (χ3n) is 4.61. The Kier molecular flexibility index (Phi) is 6.73. The number of anilines is 1. The normalized spacial score (nSPS) is 15.6. The van der Waals surface area contributed by atoms with E-state index >= 15 is 0 Å². The molecule has 1 aliphatic rings. The zero-order valence-electron chi connectivity index (χ0n) is 17.3. The van der Waals surface area contributed by atoms with Crippen LogP contribution >= 0.6 is 0 Å². The number of carbonyl (C=O) groups excluding carboxylic acids is 2. The molecule has 1 aromatic rings. The number of ether oxygens (including phenoxy) is 2. The van der Waals surface area contributed by atoms with E-state index in [9.17, 15) is 9.59 Å². The molecule has 6 heteroatoms. The van der Waals surface area contributed by atoms with Gasteiger partial charge in [0.05, 0.1) is 7.11 Å². The average Bonchev–Trinajstić information content (AvgIpc) is 2.60. The monoisotopic (exact) mass is 376 g/mol. The summed E-state index contributed by atoms with van der Waals surface area (Å²) in [5.41, 5.74) is 1.36. The van der Waals surface area contributed by atoms with Gasteiger partial charge in [-0.1, -0.05) is 13.8 Å². The Labute approximate surface area is 162 Å². The highest BCUT2D eigenvalue weighted by atomic mass is 16.6. The molecule has 1 aliphatic heterocycles. The fraction of sp³-hybridized carbons (Fsp3) is 0.619. The zero-order valence-corrected chi connectivity index (χ0v) is 17.3. The van der Waals surface area contributed by atoms with E-state index in [0.29, 0.717) is 13.1 Å². The van der Waals surface area contributed by atoms with E-state index in [-0.39, 0.29) is 23.8 Å². The minimum absolute atomic E-state index is 0.00846. The summed E-state index contributed by atoms with van der Waals surface area (Å²) in [6.45, 7) is 10.6. The van der Waals surface area contributed by atoms with Gasteiger partial charge >= 0.3 is 6.09 Å². The van der Waals surface area contributed by atoms with E-state index in [4.69, 9.17) is 9.47 Å². The van der Waals surface area contributed by atoms with Crippen molar-refractivity contribution in [1.29, 1.82) is 0 Å². The first-order valence-electron chi connectivity index (χ1n) is 9.57. The van der Waals surface area contributed by atoms with Crippen molar-refractivity contribution in [2.75, 3.05) is 25.5 Å². The molecule has 0 saturated carbocycles. The predicted octanol–water partition coefficient (Wildman–Crippen LogP) is 4.40. The maximum absolute atomic E-state index is 12.3. The number of amides is 2. The van der Waals surface area contributed by atoms with Crippen molar-refractivity contribution in [3.8, 4) is 5.75 Å². The van der Waals surface area contributed by atoms with Crippen LogP contribution in [0.3, 0.4) is 0 Å². The lowest BCUT2D eigenvalue weighted by molar-refractivity contribution is -0.118. The number of benzene rings is 1. The summed E-state index contributed by atoms with van der Waals surface area (Å²) >= 11 is 0. The third kappa shape index (κ3) is 5.88. The first-order valence-corrected chi connectivity index (χ1v) is 9.57. The van der Waals surface area contributed by atoms with Gasteiger partial charge in [0.2, 0.25) is 5.91 Å². The second kappa shape index (κ2) is 8.63. The Balaban J connectivity index is 2.08. The van der Waals surface area contributed by atoms with Crippen LogP contribution < -0.4 is 10.1 Å². The van der Waals surface area contributed by atoms with E-state index < -0.39 is 5.60 Å². The van der Waals surface area contributed by atoms with Crippen LogP contribution in [0.2, 0.25) is 0 Å². The highest BCUT2D eigenvalue weighted by Crippen LogP contribution is 2.36. The van der Waals surface area contributed by atoms with Crippen LogP contribution in [0, 0.1) is 5.92 Å². The smallest absolute Gasteiger partial charge is 0.410 e. The van der Waals surface area contributed by atoms with Crippen LogP contribution in [-0.4, -0.2) is 42.7 Å². The molecular weight excluding hydrogens is 344 g/mol. The molecule has 0 aromatic heterocycles. The number of likely N-dealkylation sites (tertiary alicyclic amines) is 1. The molecule has 0 unspecified atom stereocenters. The highest BCUT2D eigenvalue weighted by molar-refractivity contribution is 5.92. The lowest BCUT2D eigenvalue weighted by atomic mass is 9.88. The first-order chi connectivity index (χ1) is 12.6. The Morgan fingerprint density at radius 1 is 1.19 bits per heavy atom. The molecule has 0 radical (unpaired) electrons. The molecule has 1 aromatic carbocycles. The summed E-state index contributed by atoms with van der Waals surface area (Å²) in [5, 5.41) is 2.95. The molecule has 6 nitrogen and oxygen atoms in total. The van der Waals surface area contributed by atoms with Gasteiger partial charge in [0.1, 0.15) is 11.4 Å². The quantitative estimate of drug-likeness (QED) is 0.845. The Morgan fingerprint density at radius 3 is 2.33 bits per heavy atom. The summed E-state index contributed by atoms with van der Waals surface area (Å²) in [7, 11) is 1.65. The van der Waals surface area contributed by atoms with Gasteiger partial charge in [-0.25, -0.2) is 4.79 Å². The number of piperidine rings is 1. The van der Waals surface area contributed by atoms with Crippen molar-refractivity contribution in [2.24, 2.45) is 5.92 Å². The molecule has 0 spiro atoms. The number of nitrogens with one attached hydrogen (secondary N) is 1. The summed E-state index contributed by atoms with van der Waals surface area (Å²) in [4.78, 5) is 26.0. The van der Waals surface area contributed by atoms with Gasteiger partial charge < -0.3 is 19.7 Å². The predicted molar refractivity (Wildman–Crippen MR) is 106 cm³/mol. The molecule has 1 heterocycles. The number of carbonyl (C=O) groups is 2.